The molecule has 0 saturated carbocycles. The van der Waals surface area contributed by atoms with Gasteiger partial charge in [0.15, 0.2) is 0 Å². The largest absolute Gasteiger partial charge is 0.394 e. The highest BCUT2D eigenvalue weighted by Crippen LogP contribution is 1.91. The predicted molar refractivity (Wildman–Crippen MR) is 49.8 cm³/mol. The molecule has 0 aromatic rings. The molecule has 15 heavy (non-hydrogen) atoms. The van der Waals surface area contributed by atoms with E-state index in [0.717, 1.165) is 0 Å². The van der Waals surface area contributed by atoms with Gasteiger partial charge in [0.05, 0.1) is 6.04 Å². The first kappa shape index (κ1) is 16.2. The van der Waals surface area contributed by atoms with E-state index in [2.05, 4.69) is 0 Å². The number of amides is 2. The lowest BCUT2D eigenvalue weighted by Gasteiger charge is -2.03. The van der Waals surface area contributed by atoms with Gasteiger partial charge in [0, 0.05) is 6.42 Å². The first-order valence-corrected chi connectivity index (χ1v) is 4.96. The van der Waals surface area contributed by atoms with E-state index in [0.29, 0.717) is 0 Å². The molecule has 0 bridgehead atoms. The molecule has 0 aliphatic rings. The lowest BCUT2D eigenvalue weighted by Crippen LogP contribution is -2.37. The van der Waals surface area contributed by atoms with Crippen LogP contribution in [0.3, 0.4) is 0 Å². The van der Waals surface area contributed by atoms with Crippen LogP contribution in [0.1, 0.15) is 12.8 Å². The Morgan fingerprint density at radius 3 is 1.73 bits per heavy atom. The fourth-order valence-electron chi connectivity index (χ4n) is 0.440. The summed E-state index contributed by atoms with van der Waals surface area (Å²) in [5.74, 6) is -1.09. The molecule has 0 aromatic carbocycles. The number of carbonyl (C=O) groups is 2. The topological polar surface area (TPSA) is 187 Å². The zero-order valence-electron chi connectivity index (χ0n) is 7.66. The van der Waals surface area contributed by atoms with E-state index in [1.54, 1.807) is 0 Å². The Morgan fingerprint density at radius 1 is 1.20 bits per heavy atom. The van der Waals surface area contributed by atoms with Gasteiger partial charge in [0.25, 0.3) is 0 Å². The van der Waals surface area contributed by atoms with Crippen molar-refractivity contribution >= 4 is 22.2 Å². The fraction of sp³-hybridized carbons (Fsp3) is 0.600. The number of hydrogen-bond donors (Lipinski definition) is 5. The fourth-order valence-corrected chi connectivity index (χ4v) is 0.440. The van der Waals surface area contributed by atoms with Crippen molar-refractivity contribution in [3.05, 3.63) is 0 Å². The second-order valence-corrected chi connectivity index (χ2v) is 3.36. The Kier molecular flexibility index (Phi) is 7.69. The van der Waals surface area contributed by atoms with Crippen LogP contribution in [0.25, 0.3) is 0 Å². The molecule has 0 saturated heterocycles. The van der Waals surface area contributed by atoms with Crippen LogP contribution in [-0.4, -0.2) is 35.4 Å². The summed E-state index contributed by atoms with van der Waals surface area (Å²) in [4.78, 5) is 20.4. The smallest absolute Gasteiger partial charge is 0.370 e. The second-order valence-electron chi connectivity index (χ2n) is 2.46. The van der Waals surface area contributed by atoms with Gasteiger partial charge in [-0.05, 0) is 6.42 Å². The molecule has 2 amide bonds. The van der Waals surface area contributed by atoms with Crippen molar-refractivity contribution in [3.63, 3.8) is 0 Å². The molecule has 1 atom stereocenters. The van der Waals surface area contributed by atoms with E-state index in [9.17, 15) is 9.59 Å². The molecule has 8 N–H and O–H groups in total. The minimum Gasteiger partial charge on any atom is -0.370 e. The maximum Gasteiger partial charge on any atom is 0.394 e. The monoisotopic (exact) mass is 243 g/mol. The van der Waals surface area contributed by atoms with Crippen LogP contribution in [0.2, 0.25) is 0 Å². The minimum atomic E-state index is -4.67. The molecule has 10 heteroatoms. The van der Waals surface area contributed by atoms with Gasteiger partial charge in [-0.25, -0.2) is 0 Å². The molecule has 0 radical (unpaired) electrons. The van der Waals surface area contributed by atoms with Crippen molar-refractivity contribution in [2.24, 2.45) is 17.2 Å². The van der Waals surface area contributed by atoms with Gasteiger partial charge in [0.2, 0.25) is 11.8 Å². The van der Waals surface area contributed by atoms with Crippen LogP contribution in [0.15, 0.2) is 0 Å². The molecular formula is C5H13N3O6S. The van der Waals surface area contributed by atoms with Gasteiger partial charge in [-0.2, -0.15) is 8.42 Å². The van der Waals surface area contributed by atoms with Crippen LogP contribution < -0.4 is 17.2 Å². The lowest BCUT2D eigenvalue weighted by atomic mass is 10.1. The average molecular weight is 243 g/mol. The Bertz CT molecular complexity index is 305. The van der Waals surface area contributed by atoms with E-state index in [1.165, 1.54) is 0 Å². The van der Waals surface area contributed by atoms with E-state index in [1.807, 2.05) is 0 Å². The highest BCUT2D eigenvalue weighted by atomic mass is 32.3. The normalized spacial score (nSPS) is 12.2. The standard InChI is InChI=1S/C5H11N3O2.H2O4S/c6-3(5(8)10)1-2-4(7)9;1-5(2,3)4/h3H,1-2,6H2,(H2,7,9)(H2,8,10);(H2,1,2,3,4). The molecule has 90 valence electrons. The van der Waals surface area contributed by atoms with Gasteiger partial charge < -0.3 is 17.2 Å². The van der Waals surface area contributed by atoms with Crippen molar-refractivity contribution in [1.82, 2.24) is 0 Å². The van der Waals surface area contributed by atoms with Crippen molar-refractivity contribution in [2.45, 2.75) is 18.9 Å². The number of hydrogen-bond acceptors (Lipinski definition) is 5. The van der Waals surface area contributed by atoms with E-state index in [-0.39, 0.29) is 12.8 Å². The predicted octanol–water partition coefficient (Wildman–Crippen LogP) is -2.59. The van der Waals surface area contributed by atoms with Crippen LogP contribution in [0.5, 0.6) is 0 Å². The molecular weight excluding hydrogens is 230 g/mol. The lowest BCUT2D eigenvalue weighted by molar-refractivity contribution is -0.120. The van der Waals surface area contributed by atoms with Crippen molar-refractivity contribution in [3.8, 4) is 0 Å². The highest BCUT2D eigenvalue weighted by molar-refractivity contribution is 7.79. The number of carbonyl (C=O) groups excluding carboxylic acids is 2. The molecule has 1 unspecified atom stereocenters. The van der Waals surface area contributed by atoms with Crippen LogP contribution >= 0.6 is 0 Å². The third kappa shape index (κ3) is 24.5. The van der Waals surface area contributed by atoms with Gasteiger partial charge in [0.1, 0.15) is 0 Å². The first-order chi connectivity index (χ1) is 6.54. The molecule has 0 fully saturated rings. The number of nitrogens with two attached hydrogens (primary N) is 3. The first-order valence-electron chi connectivity index (χ1n) is 3.57. The summed E-state index contributed by atoms with van der Waals surface area (Å²) in [5, 5.41) is 0. The molecule has 0 rings (SSSR count). The van der Waals surface area contributed by atoms with Gasteiger partial charge in [-0.1, -0.05) is 0 Å². The SMILES string of the molecule is NC(=O)CCC(N)C(N)=O.O=S(=O)(O)O. The van der Waals surface area contributed by atoms with Crippen molar-refractivity contribution in [1.29, 1.82) is 0 Å². The Hall–Kier alpha value is -1.23. The second kappa shape index (κ2) is 7.11. The Morgan fingerprint density at radius 2 is 1.53 bits per heavy atom. The van der Waals surface area contributed by atoms with Crippen molar-refractivity contribution < 1.29 is 27.1 Å². The van der Waals surface area contributed by atoms with Crippen LogP contribution in [0.4, 0.5) is 0 Å². The summed E-state index contributed by atoms with van der Waals surface area (Å²) in [6, 6.07) is -0.757. The van der Waals surface area contributed by atoms with E-state index in [4.69, 9.17) is 34.7 Å². The summed E-state index contributed by atoms with van der Waals surface area (Å²) in [6.45, 7) is 0. The third-order valence-corrected chi connectivity index (χ3v) is 1.07. The zero-order chi connectivity index (χ0) is 12.6. The zero-order valence-corrected chi connectivity index (χ0v) is 8.48. The summed E-state index contributed by atoms with van der Waals surface area (Å²) >= 11 is 0. The summed E-state index contributed by atoms with van der Waals surface area (Å²) in [7, 11) is -4.67. The third-order valence-electron chi connectivity index (χ3n) is 1.07. The quantitative estimate of drug-likeness (QED) is 0.335. The Labute approximate surface area is 86.2 Å². The summed E-state index contributed by atoms with van der Waals surface area (Å²) in [6.07, 6.45) is 0.328. The summed E-state index contributed by atoms with van der Waals surface area (Å²) < 4.78 is 31.6. The molecule has 9 nitrogen and oxygen atoms in total. The number of rotatable bonds is 4. The van der Waals surface area contributed by atoms with Gasteiger partial charge >= 0.3 is 10.4 Å². The highest BCUT2D eigenvalue weighted by Gasteiger charge is 2.09. The molecule has 0 aliphatic carbocycles. The molecule has 0 aromatic heterocycles. The molecule has 0 aliphatic heterocycles. The maximum atomic E-state index is 10.3. The van der Waals surface area contributed by atoms with Crippen LogP contribution in [0, 0.1) is 0 Å². The maximum absolute atomic E-state index is 10.3. The van der Waals surface area contributed by atoms with Gasteiger partial charge in [-0.15, -0.1) is 0 Å². The van der Waals surface area contributed by atoms with Crippen molar-refractivity contribution in [2.75, 3.05) is 0 Å². The average Bonchev–Trinajstić information content (AvgIpc) is 1.96. The minimum absolute atomic E-state index is 0.101. The van der Waals surface area contributed by atoms with E-state index >= 15 is 0 Å². The van der Waals surface area contributed by atoms with Gasteiger partial charge in [-0.3, -0.25) is 18.7 Å². The molecule has 0 heterocycles. The van der Waals surface area contributed by atoms with E-state index < -0.39 is 28.3 Å². The Balaban J connectivity index is 0. The van der Waals surface area contributed by atoms with Crippen LogP contribution in [-0.2, 0) is 20.0 Å². The molecule has 0 spiro atoms. The number of primary amides is 2. The summed E-state index contributed by atoms with van der Waals surface area (Å²) in [5.41, 5.74) is 14.8.